The van der Waals surface area contributed by atoms with E-state index < -0.39 is 8.32 Å². The standard InChI is InChI=1S/C21H35Cl3OSi/c1-7-21(5,6)13-11-12-19(25-26(8-2,9-3)10-4)20-17(23)14-16(22)15-18(20)24/h14-15,19H,7-13H2,1-6H3. The van der Waals surface area contributed by atoms with Crippen LogP contribution in [0.2, 0.25) is 33.2 Å². The zero-order valence-electron chi connectivity index (χ0n) is 17.2. The molecule has 0 radical (unpaired) electrons. The Bertz CT molecular complexity index is 539. The molecule has 1 atom stereocenters. The van der Waals surface area contributed by atoms with Gasteiger partial charge < -0.3 is 4.43 Å². The summed E-state index contributed by atoms with van der Waals surface area (Å²) in [6.45, 7) is 13.7. The third kappa shape index (κ3) is 6.70. The van der Waals surface area contributed by atoms with Gasteiger partial charge in [-0.2, -0.15) is 0 Å². The lowest BCUT2D eigenvalue weighted by Crippen LogP contribution is -2.37. The lowest BCUT2D eigenvalue weighted by Gasteiger charge is -2.35. The summed E-state index contributed by atoms with van der Waals surface area (Å²) < 4.78 is 6.85. The molecule has 150 valence electrons. The highest BCUT2D eigenvalue weighted by molar-refractivity contribution is 6.73. The van der Waals surface area contributed by atoms with Crippen LogP contribution < -0.4 is 0 Å². The van der Waals surface area contributed by atoms with Crippen molar-refractivity contribution in [2.45, 2.75) is 91.5 Å². The molecule has 0 amide bonds. The Labute approximate surface area is 176 Å². The summed E-state index contributed by atoms with van der Waals surface area (Å²) in [6, 6.07) is 6.90. The molecule has 26 heavy (non-hydrogen) atoms. The van der Waals surface area contributed by atoms with E-state index in [9.17, 15) is 0 Å². The molecule has 1 unspecified atom stereocenters. The maximum atomic E-state index is 6.85. The molecular weight excluding hydrogens is 403 g/mol. The molecule has 5 heteroatoms. The van der Waals surface area contributed by atoms with Gasteiger partial charge in [0.1, 0.15) is 0 Å². The van der Waals surface area contributed by atoms with E-state index >= 15 is 0 Å². The fourth-order valence-electron chi connectivity index (χ4n) is 3.37. The van der Waals surface area contributed by atoms with Crippen molar-refractivity contribution in [1.29, 1.82) is 0 Å². The van der Waals surface area contributed by atoms with Crippen molar-refractivity contribution in [2.24, 2.45) is 5.41 Å². The second-order valence-corrected chi connectivity index (χ2v) is 14.0. The maximum Gasteiger partial charge on any atom is 0.192 e. The Morgan fingerprint density at radius 3 is 1.88 bits per heavy atom. The van der Waals surface area contributed by atoms with Gasteiger partial charge in [0.2, 0.25) is 0 Å². The minimum absolute atomic E-state index is 0.0496. The van der Waals surface area contributed by atoms with Gasteiger partial charge in [-0.1, -0.05) is 89.2 Å². The number of hydrogen-bond donors (Lipinski definition) is 0. The monoisotopic (exact) mass is 436 g/mol. The summed E-state index contributed by atoms with van der Waals surface area (Å²) >= 11 is 19.2. The zero-order valence-corrected chi connectivity index (χ0v) is 20.5. The normalized spacial score (nSPS) is 13.9. The van der Waals surface area contributed by atoms with Crippen molar-refractivity contribution in [1.82, 2.24) is 0 Å². The first-order valence-corrected chi connectivity index (χ1v) is 13.6. The molecule has 1 nitrogen and oxygen atoms in total. The first kappa shape index (κ1) is 24.3. The average molecular weight is 438 g/mol. The number of benzene rings is 1. The molecule has 0 saturated heterocycles. The van der Waals surface area contributed by atoms with E-state index in [-0.39, 0.29) is 6.10 Å². The van der Waals surface area contributed by atoms with E-state index in [1.165, 1.54) is 12.8 Å². The van der Waals surface area contributed by atoms with Crippen LogP contribution >= 0.6 is 34.8 Å². The van der Waals surface area contributed by atoms with Gasteiger partial charge in [0.15, 0.2) is 8.32 Å². The quantitative estimate of drug-likeness (QED) is 0.313. The van der Waals surface area contributed by atoms with Crippen LogP contribution in [0.4, 0.5) is 0 Å². The average Bonchev–Trinajstić information content (AvgIpc) is 2.58. The molecule has 0 N–H and O–H groups in total. The minimum Gasteiger partial charge on any atom is -0.410 e. The molecule has 1 rings (SSSR count). The molecule has 0 aliphatic heterocycles. The maximum absolute atomic E-state index is 6.85. The molecule has 0 fully saturated rings. The molecule has 0 aliphatic rings. The van der Waals surface area contributed by atoms with Gasteiger partial charge in [0, 0.05) is 20.6 Å². The summed E-state index contributed by atoms with van der Waals surface area (Å²) in [7, 11) is -1.78. The van der Waals surface area contributed by atoms with Gasteiger partial charge in [0.25, 0.3) is 0 Å². The molecule has 0 heterocycles. The van der Waals surface area contributed by atoms with Crippen molar-refractivity contribution >= 4 is 43.1 Å². The predicted molar refractivity (Wildman–Crippen MR) is 120 cm³/mol. The largest absolute Gasteiger partial charge is 0.410 e. The smallest absolute Gasteiger partial charge is 0.192 e. The highest BCUT2D eigenvalue weighted by atomic mass is 35.5. The van der Waals surface area contributed by atoms with Crippen molar-refractivity contribution in [2.75, 3.05) is 0 Å². The van der Waals surface area contributed by atoms with Gasteiger partial charge in [-0.3, -0.25) is 0 Å². The Morgan fingerprint density at radius 1 is 0.962 bits per heavy atom. The molecule has 1 aromatic carbocycles. The molecule has 1 aromatic rings. The van der Waals surface area contributed by atoms with Crippen LogP contribution in [0.5, 0.6) is 0 Å². The lowest BCUT2D eigenvalue weighted by molar-refractivity contribution is 0.167. The van der Waals surface area contributed by atoms with Crippen LogP contribution in [0.3, 0.4) is 0 Å². The summed E-state index contributed by atoms with van der Waals surface area (Å²) in [6.07, 6.45) is 4.34. The Hall–Kier alpha value is 0.267. The second-order valence-electron chi connectivity index (χ2n) is 8.04. The van der Waals surface area contributed by atoms with Crippen LogP contribution in [0.25, 0.3) is 0 Å². The Kier molecular flexibility index (Phi) is 10.0. The third-order valence-corrected chi connectivity index (χ3v) is 11.5. The summed E-state index contributed by atoms with van der Waals surface area (Å²) in [4.78, 5) is 0. The highest BCUT2D eigenvalue weighted by Gasteiger charge is 2.34. The van der Waals surface area contributed by atoms with E-state index in [2.05, 4.69) is 41.5 Å². The molecule has 0 spiro atoms. The molecule has 0 aliphatic carbocycles. The van der Waals surface area contributed by atoms with E-state index in [0.717, 1.165) is 36.5 Å². The summed E-state index contributed by atoms with van der Waals surface area (Å²) in [5, 5.41) is 1.81. The van der Waals surface area contributed by atoms with Crippen LogP contribution in [-0.2, 0) is 4.43 Å². The lowest BCUT2D eigenvalue weighted by atomic mass is 9.84. The van der Waals surface area contributed by atoms with Gasteiger partial charge in [0.05, 0.1) is 6.10 Å². The predicted octanol–water partition coefficient (Wildman–Crippen LogP) is 9.32. The van der Waals surface area contributed by atoms with Gasteiger partial charge in [-0.15, -0.1) is 0 Å². The van der Waals surface area contributed by atoms with Crippen molar-refractivity contribution in [3.05, 3.63) is 32.8 Å². The Balaban J connectivity index is 3.14. The van der Waals surface area contributed by atoms with Crippen LogP contribution in [-0.4, -0.2) is 8.32 Å². The highest BCUT2D eigenvalue weighted by Crippen LogP contribution is 2.41. The topological polar surface area (TPSA) is 9.23 Å². The van der Waals surface area contributed by atoms with Gasteiger partial charge in [-0.25, -0.2) is 0 Å². The van der Waals surface area contributed by atoms with Gasteiger partial charge in [-0.05, 0) is 48.5 Å². The SMILES string of the molecule is CCC(C)(C)CCCC(O[Si](CC)(CC)CC)c1c(Cl)cc(Cl)cc1Cl. The third-order valence-electron chi connectivity index (χ3n) is 5.97. The Morgan fingerprint density at radius 2 is 1.46 bits per heavy atom. The molecule has 0 saturated carbocycles. The van der Waals surface area contributed by atoms with Crippen molar-refractivity contribution < 1.29 is 4.43 Å². The number of rotatable bonds is 11. The van der Waals surface area contributed by atoms with E-state index in [4.69, 9.17) is 39.2 Å². The fourth-order valence-corrected chi connectivity index (χ4v) is 7.27. The van der Waals surface area contributed by atoms with Crippen LogP contribution in [0.15, 0.2) is 12.1 Å². The van der Waals surface area contributed by atoms with E-state index in [1.54, 1.807) is 12.1 Å². The van der Waals surface area contributed by atoms with Crippen LogP contribution in [0.1, 0.15) is 78.9 Å². The first-order valence-electron chi connectivity index (χ1n) is 9.95. The van der Waals surface area contributed by atoms with E-state index in [0.29, 0.717) is 20.5 Å². The van der Waals surface area contributed by atoms with Crippen molar-refractivity contribution in [3.63, 3.8) is 0 Å². The summed E-state index contributed by atoms with van der Waals surface area (Å²) in [5.74, 6) is 0. The van der Waals surface area contributed by atoms with Crippen molar-refractivity contribution in [3.8, 4) is 0 Å². The second kappa shape index (κ2) is 10.7. The fraction of sp³-hybridized carbons (Fsp3) is 0.714. The molecule has 0 bridgehead atoms. The molecule has 0 aromatic heterocycles. The van der Waals surface area contributed by atoms with Gasteiger partial charge >= 0.3 is 0 Å². The summed E-state index contributed by atoms with van der Waals surface area (Å²) in [5.41, 5.74) is 1.27. The van der Waals surface area contributed by atoms with E-state index in [1.807, 2.05) is 0 Å². The minimum atomic E-state index is -1.78. The number of halogens is 3. The zero-order chi connectivity index (χ0) is 20.0. The number of hydrogen-bond acceptors (Lipinski definition) is 1. The molecular formula is C21H35Cl3OSi. The van der Waals surface area contributed by atoms with Crippen LogP contribution in [0, 0.1) is 5.41 Å². The first-order chi connectivity index (χ1) is 12.1.